The zero-order chi connectivity index (χ0) is 26.6. The van der Waals surface area contributed by atoms with E-state index >= 15 is 0 Å². The van der Waals surface area contributed by atoms with Crippen LogP contribution in [0.2, 0.25) is 0 Å². The van der Waals surface area contributed by atoms with Crippen LogP contribution in [-0.4, -0.2) is 48.9 Å². The van der Waals surface area contributed by atoms with E-state index < -0.39 is 6.10 Å². The molecule has 0 aliphatic heterocycles. The van der Waals surface area contributed by atoms with Gasteiger partial charge in [-0.05, 0) is 54.9 Å². The second-order valence-electron chi connectivity index (χ2n) is 8.62. The summed E-state index contributed by atoms with van der Waals surface area (Å²) in [6.45, 7) is 1.42. The van der Waals surface area contributed by atoms with Gasteiger partial charge in [-0.25, -0.2) is 4.98 Å². The highest BCUT2D eigenvalue weighted by Crippen LogP contribution is 2.28. The van der Waals surface area contributed by atoms with Crippen LogP contribution in [0, 0.1) is 0 Å². The minimum atomic E-state index is -0.585. The number of thiazole rings is 1. The van der Waals surface area contributed by atoms with E-state index in [0.717, 1.165) is 41.4 Å². The Kier molecular flexibility index (Phi) is 10.1. The molecule has 38 heavy (non-hydrogen) atoms. The van der Waals surface area contributed by atoms with Crippen LogP contribution in [0.4, 0.5) is 16.5 Å². The molecule has 3 aromatic carbocycles. The summed E-state index contributed by atoms with van der Waals surface area (Å²) in [6, 6.07) is 24.8. The number of methoxy groups -OCH3 is 1. The van der Waals surface area contributed by atoms with Gasteiger partial charge in [0.05, 0.1) is 24.9 Å². The summed E-state index contributed by atoms with van der Waals surface area (Å²) in [4.78, 5) is 17.0. The molecule has 0 radical (unpaired) electrons. The monoisotopic (exact) mass is 532 g/mol. The molecule has 1 heterocycles. The molecule has 1 atom stereocenters. The van der Waals surface area contributed by atoms with Gasteiger partial charge >= 0.3 is 0 Å². The van der Waals surface area contributed by atoms with Crippen LogP contribution in [-0.2, 0) is 17.6 Å². The fourth-order valence-electron chi connectivity index (χ4n) is 3.70. The first-order valence-electron chi connectivity index (χ1n) is 12.4. The van der Waals surface area contributed by atoms with E-state index in [-0.39, 0.29) is 18.9 Å². The maximum atomic E-state index is 12.5. The predicted molar refractivity (Wildman–Crippen MR) is 152 cm³/mol. The molecule has 0 unspecified atom stereocenters. The van der Waals surface area contributed by atoms with Crippen LogP contribution < -0.4 is 25.4 Å². The van der Waals surface area contributed by atoms with E-state index in [9.17, 15) is 9.90 Å². The van der Waals surface area contributed by atoms with Crippen LogP contribution in [0.3, 0.4) is 0 Å². The Hall–Kier alpha value is -3.92. The molecule has 0 bridgehead atoms. The Morgan fingerprint density at radius 3 is 2.58 bits per heavy atom. The normalized spacial score (nSPS) is 11.5. The number of aromatic nitrogens is 1. The van der Waals surface area contributed by atoms with Crippen molar-refractivity contribution in [2.45, 2.75) is 18.9 Å². The van der Waals surface area contributed by atoms with Gasteiger partial charge in [-0.15, -0.1) is 11.3 Å². The minimum Gasteiger partial charge on any atom is -0.495 e. The number of carbonyl (C=O) groups excluding carboxylic acids is 1. The molecule has 1 amide bonds. The molecule has 0 saturated carbocycles. The number of nitrogens with one attached hydrogen (secondary N) is 3. The Balaban J connectivity index is 1.15. The van der Waals surface area contributed by atoms with Crippen LogP contribution >= 0.6 is 11.3 Å². The number of carbonyl (C=O) groups is 1. The second kappa shape index (κ2) is 14.1. The number of benzene rings is 3. The average Bonchev–Trinajstić information content (AvgIpc) is 3.38. The molecule has 4 N–H and O–H groups in total. The number of hydrogen-bond acceptors (Lipinski definition) is 8. The molecule has 0 aliphatic carbocycles. The molecule has 8 nitrogen and oxygen atoms in total. The van der Waals surface area contributed by atoms with Crippen molar-refractivity contribution in [3.05, 3.63) is 95.5 Å². The third-order valence-corrected chi connectivity index (χ3v) is 6.44. The Bertz CT molecular complexity index is 1280. The fraction of sp³-hybridized carbons (Fsp3) is 0.241. The van der Waals surface area contributed by atoms with Crippen LogP contribution in [0.25, 0.3) is 0 Å². The van der Waals surface area contributed by atoms with Crippen LogP contribution in [0.5, 0.6) is 11.5 Å². The van der Waals surface area contributed by atoms with Gasteiger partial charge in [0.15, 0.2) is 5.13 Å². The largest absolute Gasteiger partial charge is 0.495 e. The number of anilines is 3. The quantitative estimate of drug-likeness (QED) is 0.175. The van der Waals surface area contributed by atoms with E-state index in [4.69, 9.17) is 9.47 Å². The molecule has 9 heteroatoms. The van der Waals surface area contributed by atoms with Gasteiger partial charge in [-0.3, -0.25) is 4.79 Å². The molecule has 0 saturated heterocycles. The van der Waals surface area contributed by atoms with Gasteiger partial charge < -0.3 is 30.5 Å². The van der Waals surface area contributed by atoms with Gasteiger partial charge in [0.25, 0.3) is 0 Å². The maximum Gasteiger partial charge on any atom is 0.230 e. The van der Waals surface area contributed by atoms with Crippen molar-refractivity contribution in [3.63, 3.8) is 0 Å². The first-order valence-corrected chi connectivity index (χ1v) is 13.3. The smallest absolute Gasteiger partial charge is 0.230 e. The highest BCUT2D eigenvalue weighted by Gasteiger charge is 2.10. The van der Waals surface area contributed by atoms with Crippen molar-refractivity contribution < 1.29 is 19.4 Å². The van der Waals surface area contributed by atoms with Crippen LogP contribution in [0.1, 0.15) is 11.3 Å². The van der Waals surface area contributed by atoms with E-state index in [1.54, 1.807) is 7.11 Å². The molecule has 0 spiro atoms. The number of para-hydroxylation sites is 3. The van der Waals surface area contributed by atoms with Gasteiger partial charge in [0.1, 0.15) is 24.2 Å². The standard InChI is InChI=1S/C29H32N4O4S/c1-36-27-10-6-5-9-26(27)33-29-32-23(20-38-29)17-28(35)31-22-13-11-21(12-14-22)15-16-30-18-24(34)19-37-25-7-3-2-4-8-25/h2-14,20,24,30,34H,15-19H2,1H3,(H,31,35)(H,32,33)/t24-/m0/s1. The predicted octanol–water partition coefficient (Wildman–Crippen LogP) is 4.65. The summed E-state index contributed by atoms with van der Waals surface area (Å²) < 4.78 is 10.9. The number of aliphatic hydroxyl groups is 1. The highest BCUT2D eigenvalue weighted by molar-refractivity contribution is 7.13. The van der Waals surface area contributed by atoms with E-state index in [0.29, 0.717) is 17.4 Å². The molecule has 4 aromatic rings. The molecule has 1 aromatic heterocycles. The van der Waals surface area contributed by atoms with Crippen molar-refractivity contribution in [2.24, 2.45) is 0 Å². The van der Waals surface area contributed by atoms with Crippen molar-refractivity contribution in [1.29, 1.82) is 0 Å². The SMILES string of the molecule is COc1ccccc1Nc1nc(CC(=O)Nc2ccc(CCNC[C@H](O)COc3ccccc3)cc2)cs1. The lowest BCUT2D eigenvalue weighted by molar-refractivity contribution is -0.115. The number of rotatable bonds is 14. The van der Waals surface area contributed by atoms with E-state index in [2.05, 4.69) is 20.9 Å². The molecular formula is C29H32N4O4S. The average molecular weight is 533 g/mol. The van der Waals surface area contributed by atoms with Gasteiger partial charge in [-0.2, -0.15) is 0 Å². The van der Waals surface area contributed by atoms with Gasteiger partial charge in [0.2, 0.25) is 5.91 Å². The zero-order valence-corrected chi connectivity index (χ0v) is 22.0. The topological polar surface area (TPSA) is 105 Å². The Morgan fingerprint density at radius 1 is 1.03 bits per heavy atom. The minimum absolute atomic E-state index is 0.125. The summed E-state index contributed by atoms with van der Waals surface area (Å²) >= 11 is 1.44. The summed E-state index contributed by atoms with van der Waals surface area (Å²) in [5.74, 6) is 1.35. The number of amides is 1. The molecule has 4 rings (SSSR count). The number of ether oxygens (including phenoxy) is 2. The van der Waals surface area contributed by atoms with E-state index in [1.165, 1.54) is 11.3 Å². The summed E-state index contributed by atoms with van der Waals surface area (Å²) in [7, 11) is 1.62. The molecule has 198 valence electrons. The Labute approximate surface area is 226 Å². The lowest BCUT2D eigenvalue weighted by atomic mass is 10.1. The number of aliphatic hydroxyl groups excluding tert-OH is 1. The fourth-order valence-corrected chi connectivity index (χ4v) is 4.43. The number of hydrogen-bond donors (Lipinski definition) is 4. The summed E-state index contributed by atoms with van der Waals surface area (Å²) in [5, 5.41) is 22.1. The van der Waals surface area contributed by atoms with Crippen molar-refractivity contribution in [1.82, 2.24) is 10.3 Å². The van der Waals surface area contributed by atoms with Gasteiger partial charge in [-0.1, -0.05) is 42.5 Å². The van der Waals surface area contributed by atoms with Crippen LogP contribution in [0.15, 0.2) is 84.2 Å². The summed E-state index contributed by atoms with van der Waals surface area (Å²) in [5.41, 5.74) is 3.40. The lowest BCUT2D eigenvalue weighted by Crippen LogP contribution is -2.32. The molecular weight excluding hydrogens is 500 g/mol. The number of nitrogens with zero attached hydrogens (tertiary/aromatic N) is 1. The first-order chi connectivity index (χ1) is 18.6. The highest BCUT2D eigenvalue weighted by atomic mass is 32.1. The third-order valence-electron chi connectivity index (χ3n) is 5.64. The third kappa shape index (κ3) is 8.58. The summed E-state index contributed by atoms with van der Waals surface area (Å²) in [6.07, 6.45) is 0.409. The molecule has 0 aliphatic rings. The van der Waals surface area contributed by atoms with Crippen molar-refractivity contribution in [2.75, 3.05) is 37.4 Å². The van der Waals surface area contributed by atoms with E-state index in [1.807, 2.05) is 84.2 Å². The first kappa shape index (κ1) is 27.1. The molecule has 0 fully saturated rings. The van der Waals surface area contributed by atoms with Crippen molar-refractivity contribution >= 4 is 33.8 Å². The zero-order valence-electron chi connectivity index (χ0n) is 21.2. The maximum absolute atomic E-state index is 12.5. The lowest BCUT2D eigenvalue weighted by Gasteiger charge is -2.13. The second-order valence-corrected chi connectivity index (χ2v) is 9.48. The van der Waals surface area contributed by atoms with Crippen molar-refractivity contribution in [3.8, 4) is 11.5 Å². The Morgan fingerprint density at radius 2 is 1.79 bits per heavy atom. The van der Waals surface area contributed by atoms with Gasteiger partial charge in [0, 0.05) is 17.6 Å².